The van der Waals surface area contributed by atoms with Gasteiger partial charge in [0.25, 0.3) is 0 Å². The second-order valence-corrected chi connectivity index (χ2v) is 3.92. The van der Waals surface area contributed by atoms with Crippen LogP contribution in [0, 0.1) is 6.92 Å². The lowest BCUT2D eigenvalue weighted by Crippen LogP contribution is -2.10. The van der Waals surface area contributed by atoms with Gasteiger partial charge in [-0.3, -0.25) is 0 Å². The number of allylic oxidation sites excluding steroid dienone is 2. The van der Waals surface area contributed by atoms with Crippen LogP contribution in [0.25, 0.3) is 0 Å². The molecule has 1 aromatic rings. The minimum atomic E-state index is -0.508. The van der Waals surface area contributed by atoms with Gasteiger partial charge in [-0.05, 0) is 31.1 Å². The second-order valence-electron chi connectivity index (χ2n) is 3.48. The first-order chi connectivity index (χ1) is 7.99. The molecular formula is C12H14ClFN2O. The molecule has 0 amide bonds. The van der Waals surface area contributed by atoms with Crippen molar-refractivity contribution < 1.29 is 9.50 Å². The highest BCUT2D eigenvalue weighted by Gasteiger charge is 2.11. The van der Waals surface area contributed by atoms with Crippen LogP contribution in [-0.4, -0.2) is 15.5 Å². The van der Waals surface area contributed by atoms with Gasteiger partial charge in [-0.2, -0.15) is 0 Å². The first-order valence-corrected chi connectivity index (χ1v) is 5.41. The van der Waals surface area contributed by atoms with E-state index < -0.39 is 5.83 Å². The quantitative estimate of drug-likeness (QED) is 0.504. The predicted octanol–water partition coefficient (Wildman–Crippen LogP) is 3.12. The molecule has 0 saturated carbocycles. The molecule has 0 radical (unpaired) electrons. The Labute approximate surface area is 105 Å². The maximum Gasteiger partial charge on any atom is 0.174 e. The number of aliphatic hydroxyl groups excluding tert-OH is 1. The minimum Gasteiger partial charge on any atom is -0.392 e. The third-order valence-corrected chi connectivity index (χ3v) is 2.33. The van der Waals surface area contributed by atoms with Crippen LogP contribution in [-0.2, 0) is 6.61 Å². The van der Waals surface area contributed by atoms with Crippen molar-refractivity contribution in [2.24, 2.45) is 4.99 Å². The van der Waals surface area contributed by atoms with Crippen molar-refractivity contribution in [1.29, 1.82) is 0 Å². The van der Waals surface area contributed by atoms with E-state index in [-0.39, 0.29) is 17.6 Å². The van der Waals surface area contributed by atoms with E-state index in [1.807, 2.05) is 6.92 Å². The van der Waals surface area contributed by atoms with Crippen LogP contribution in [0.3, 0.4) is 0 Å². The number of nitrogens with zero attached hydrogens (tertiary/aromatic N) is 2. The van der Waals surface area contributed by atoms with Crippen LogP contribution >= 0.6 is 11.6 Å². The average molecular weight is 257 g/mol. The van der Waals surface area contributed by atoms with Crippen LogP contribution in [0.4, 0.5) is 4.39 Å². The van der Waals surface area contributed by atoms with E-state index in [1.54, 1.807) is 19.3 Å². The number of aromatic nitrogens is 1. The van der Waals surface area contributed by atoms with Gasteiger partial charge in [0, 0.05) is 12.4 Å². The summed E-state index contributed by atoms with van der Waals surface area (Å²) < 4.78 is 15.1. The van der Waals surface area contributed by atoms with Crippen molar-refractivity contribution >= 4 is 17.4 Å². The molecule has 0 saturated heterocycles. The molecule has 1 rings (SSSR count). The molecule has 0 spiro atoms. The van der Waals surface area contributed by atoms with Crippen LogP contribution < -0.4 is 0 Å². The molecule has 92 valence electrons. The summed E-state index contributed by atoms with van der Waals surface area (Å²) in [6, 6.07) is 0. The van der Waals surface area contributed by atoms with E-state index in [0.717, 1.165) is 5.56 Å². The number of rotatable bonds is 3. The monoisotopic (exact) mass is 256 g/mol. The molecule has 0 atom stereocenters. The fourth-order valence-electron chi connectivity index (χ4n) is 1.36. The SMILES string of the molecule is C=C(Cl)/N=C(\C(F)=CC)n1cc(C)c(CO)c1. The molecule has 0 aromatic carbocycles. The van der Waals surface area contributed by atoms with Gasteiger partial charge in [0.15, 0.2) is 11.7 Å². The van der Waals surface area contributed by atoms with Gasteiger partial charge in [-0.1, -0.05) is 18.2 Å². The summed E-state index contributed by atoms with van der Waals surface area (Å²) in [6.45, 7) is 6.68. The Morgan fingerprint density at radius 3 is 2.71 bits per heavy atom. The van der Waals surface area contributed by atoms with E-state index in [9.17, 15) is 4.39 Å². The summed E-state index contributed by atoms with van der Waals surface area (Å²) >= 11 is 5.57. The number of hydrogen-bond donors (Lipinski definition) is 1. The Morgan fingerprint density at radius 1 is 1.65 bits per heavy atom. The number of aliphatic hydroxyl groups is 1. The molecule has 3 nitrogen and oxygen atoms in total. The zero-order chi connectivity index (χ0) is 13.0. The lowest BCUT2D eigenvalue weighted by molar-refractivity contribution is 0.281. The Morgan fingerprint density at radius 2 is 2.29 bits per heavy atom. The van der Waals surface area contributed by atoms with Gasteiger partial charge in [-0.25, -0.2) is 9.38 Å². The average Bonchev–Trinajstić information content (AvgIpc) is 2.66. The first-order valence-electron chi connectivity index (χ1n) is 5.03. The number of hydrogen-bond acceptors (Lipinski definition) is 2. The Hall–Kier alpha value is -1.39. The zero-order valence-corrected chi connectivity index (χ0v) is 10.5. The molecule has 1 aromatic heterocycles. The zero-order valence-electron chi connectivity index (χ0n) is 9.74. The molecule has 1 N–H and O–H groups in total. The second kappa shape index (κ2) is 5.80. The Kier molecular flexibility index (Phi) is 4.66. The van der Waals surface area contributed by atoms with Crippen LogP contribution in [0.15, 0.2) is 41.0 Å². The maximum absolute atomic E-state index is 13.6. The van der Waals surface area contributed by atoms with Crippen molar-refractivity contribution in [3.05, 3.63) is 47.2 Å². The molecule has 0 fully saturated rings. The van der Waals surface area contributed by atoms with E-state index in [4.69, 9.17) is 16.7 Å². The number of aryl methyl sites for hydroxylation is 1. The molecule has 1 heterocycles. The van der Waals surface area contributed by atoms with E-state index in [0.29, 0.717) is 5.56 Å². The predicted molar refractivity (Wildman–Crippen MR) is 67.8 cm³/mol. The summed E-state index contributed by atoms with van der Waals surface area (Å²) in [5.41, 5.74) is 1.56. The van der Waals surface area contributed by atoms with Gasteiger partial charge < -0.3 is 9.67 Å². The lowest BCUT2D eigenvalue weighted by atomic mass is 10.2. The molecule has 0 aliphatic carbocycles. The molecular weight excluding hydrogens is 243 g/mol. The maximum atomic E-state index is 13.6. The summed E-state index contributed by atoms with van der Waals surface area (Å²) in [5.74, 6) is -0.457. The fraction of sp³-hybridized carbons (Fsp3) is 0.250. The largest absolute Gasteiger partial charge is 0.392 e. The Balaban J connectivity index is 3.27. The summed E-state index contributed by atoms with van der Waals surface area (Å²) in [4.78, 5) is 3.83. The highest BCUT2D eigenvalue weighted by Crippen LogP contribution is 2.14. The van der Waals surface area contributed by atoms with Crippen LogP contribution in [0.5, 0.6) is 0 Å². The molecule has 0 unspecified atom stereocenters. The van der Waals surface area contributed by atoms with Gasteiger partial charge >= 0.3 is 0 Å². The first kappa shape index (κ1) is 13.7. The van der Waals surface area contributed by atoms with E-state index in [2.05, 4.69) is 11.6 Å². The van der Waals surface area contributed by atoms with Gasteiger partial charge in [-0.15, -0.1) is 0 Å². The molecule has 17 heavy (non-hydrogen) atoms. The van der Waals surface area contributed by atoms with Gasteiger partial charge in [0.1, 0.15) is 5.16 Å². The topological polar surface area (TPSA) is 37.5 Å². The summed E-state index contributed by atoms with van der Waals surface area (Å²) in [7, 11) is 0. The highest BCUT2D eigenvalue weighted by atomic mass is 35.5. The number of aliphatic imine (C=N–C) groups is 1. The Bertz CT molecular complexity index is 489. The van der Waals surface area contributed by atoms with Crippen LogP contribution in [0.2, 0.25) is 0 Å². The van der Waals surface area contributed by atoms with Gasteiger partial charge in [0.05, 0.1) is 6.61 Å². The third-order valence-electron chi connectivity index (χ3n) is 2.24. The molecule has 0 aliphatic rings. The van der Waals surface area contributed by atoms with Gasteiger partial charge in [0.2, 0.25) is 0 Å². The molecule has 5 heteroatoms. The summed E-state index contributed by atoms with van der Waals surface area (Å²) in [5, 5.41) is 9.08. The van der Waals surface area contributed by atoms with Crippen molar-refractivity contribution in [3.8, 4) is 0 Å². The smallest absolute Gasteiger partial charge is 0.174 e. The van der Waals surface area contributed by atoms with Crippen molar-refractivity contribution in [1.82, 2.24) is 4.57 Å². The van der Waals surface area contributed by atoms with Crippen molar-refractivity contribution in [2.75, 3.05) is 0 Å². The van der Waals surface area contributed by atoms with E-state index >= 15 is 0 Å². The third kappa shape index (κ3) is 3.28. The normalized spacial score (nSPS) is 13.0. The number of halogens is 2. The lowest BCUT2D eigenvalue weighted by Gasteiger charge is -2.04. The molecule has 0 aliphatic heterocycles. The fourth-order valence-corrected chi connectivity index (χ4v) is 1.44. The van der Waals surface area contributed by atoms with Crippen molar-refractivity contribution in [2.45, 2.75) is 20.5 Å². The minimum absolute atomic E-state index is 0.00565. The van der Waals surface area contributed by atoms with Crippen molar-refractivity contribution in [3.63, 3.8) is 0 Å². The van der Waals surface area contributed by atoms with E-state index in [1.165, 1.54) is 10.6 Å². The molecule has 0 bridgehead atoms. The summed E-state index contributed by atoms with van der Waals surface area (Å²) in [6.07, 6.45) is 4.57. The standard InChI is InChI=1S/C12H14ClFN2O/c1-4-11(14)12(15-9(3)13)16-5-8(2)10(6-16)7-17/h4-6,17H,3,7H2,1-2H3/b11-4?,15-12+. The van der Waals surface area contributed by atoms with Crippen LogP contribution in [0.1, 0.15) is 18.1 Å². The highest BCUT2D eigenvalue weighted by molar-refractivity contribution is 6.30.